The van der Waals surface area contributed by atoms with Crippen LogP contribution >= 0.6 is 11.6 Å². The van der Waals surface area contributed by atoms with Crippen LogP contribution in [0.25, 0.3) is 0 Å². The van der Waals surface area contributed by atoms with E-state index in [1.807, 2.05) is 11.9 Å². The first-order chi connectivity index (χ1) is 9.30. The number of amides is 1. The Hall–Kier alpha value is -1.22. The fourth-order valence-electron chi connectivity index (χ4n) is 2.82. The van der Waals surface area contributed by atoms with Crippen LogP contribution in [0.4, 0.5) is 5.69 Å². The molecule has 2 N–H and O–H groups in total. The second-order valence-electron chi connectivity index (χ2n) is 6.55. The van der Waals surface area contributed by atoms with Crippen molar-refractivity contribution in [2.24, 2.45) is 5.41 Å². The van der Waals surface area contributed by atoms with Gasteiger partial charge in [-0.3, -0.25) is 4.79 Å². The molecule has 0 heterocycles. The zero-order valence-corrected chi connectivity index (χ0v) is 13.2. The predicted octanol–water partition coefficient (Wildman–Crippen LogP) is 3.96. The van der Waals surface area contributed by atoms with E-state index in [0.717, 1.165) is 25.7 Å². The third-order valence-corrected chi connectivity index (χ3v) is 4.76. The van der Waals surface area contributed by atoms with E-state index < -0.39 is 0 Å². The van der Waals surface area contributed by atoms with Crippen LogP contribution in [-0.4, -0.2) is 23.9 Å². The molecular weight excluding hydrogens is 272 g/mol. The van der Waals surface area contributed by atoms with Gasteiger partial charge in [0, 0.05) is 18.7 Å². The van der Waals surface area contributed by atoms with Gasteiger partial charge in [0.05, 0.1) is 10.7 Å². The van der Waals surface area contributed by atoms with Gasteiger partial charge >= 0.3 is 0 Å². The average molecular weight is 295 g/mol. The number of halogens is 1. The molecule has 1 aromatic rings. The number of nitrogen functional groups attached to an aromatic ring is 1. The molecule has 4 heteroatoms. The van der Waals surface area contributed by atoms with Gasteiger partial charge in [-0.1, -0.05) is 25.4 Å². The van der Waals surface area contributed by atoms with Crippen LogP contribution in [0.15, 0.2) is 18.2 Å². The molecule has 1 saturated carbocycles. The second kappa shape index (κ2) is 5.65. The van der Waals surface area contributed by atoms with Gasteiger partial charge in [-0.25, -0.2) is 0 Å². The Bertz CT molecular complexity index is 503. The van der Waals surface area contributed by atoms with Crippen molar-refractivity contribution in [3.05, 3.63) is 28.8 Å². The lowest BCUT2D eigenvalue weighted by atomic mass is 9.75. The van der Waals surface area contributed by atoms with E-state index in [2.05, 4.69) is 13.8 Å². The summed E-state index contributed by atoms with van der Waals surface area (Å²) >= 11 is 5.90. The number of carbonyl (C=O) groups excluding carboxylic acids is 1. The zero-order chi connectivity index (χ0) is 14.9. The lowest BCUT2D eigenvalue weighted by Gasteiger charge is -2.38. The molecule has 0 radical (unpaired) electrons. The number of nitrogens with zero attached hydrogens (tertiary/aromatic N) is 1. The molecule has 0 atom stereocenters. The van der Waals surface area contributed by atoms with Crippen molar-refractivity contribution < 1.29 is 4.79 Å². The third-order valence-electron chi connectivity index (χ3n) is 4.42. The largest absolute Gasteiger partial charge is 0.398 e. The van der Waals surface area contributed by atoms with E-state index in [1.54, 1.807) is 18.2 Å². The van der Waals surface area contributed by atoms with Crippen LogP contribution in [0.1, 0.15) is 49.9 Å². The summed E-state index contributed by atoms with van der Waals surface area (Å²) in [5.74, 6) is 0.0260. The Morgan fingerprint density at radius 1 is 1.35 bits per heavy atom. The van der Waals surface area contributed by atoms with Crippen molar-refractivity contribution in [1.82, 2.24) is 4.90 Å². The number of nitrogens with two attached hydrogens (primary N) is 1. The van der Waals surface area contributed by atoms with Crippen LogP contribution in [0.2, 0.25) is 5.02 Å². The highest BCUT2D eigenvalue weighted by Gasteiger charge is 2.30. The van der Waals surface area contributed by atoms with Gasteiger partial charge in [0.25, 0.3) is 5.91 Å². The van der Waals surface area contributed by atoms with Gasteiger partial charge in [0.15, 0.2) is 0 Å². The number of benzene rings is 1. The lowest BCUT2D eigenvalue weighted by Crippen LogP contribution is -2.40. The second-order valence-corrected chi connectivity index (χ2v) is 6.95. The van der Waals surface area contributed by atoms with Gasteiger partial charge < -0.3 is 10.6 Å². The summed E-state index contributed by atoms with van der Waals surface area (Å²) in [7, 11) is 1.89. The molecule has 0 unspecified atom stereocenters. The molecule has 0 saturated heterocycles. The first-order valence-corrected chi connectivity index (χ1v) is 7.50. The van der Waals surface area contributed by atoms with Crippen molar-refractivity contribution in [3.63, 3.8) is 0 Å². The number of rotatable bonds is 2. The summed E-state index contributed by atoms with van der Waals surface area (Å²) in [4.78, 5) is 14.4. The summed E-state index contributed by atoms with van der Waals surface area (Å²) < 4.78 is 0. The standard InChI is InChI=1S/C16H23ClN2O/c1-16(2)8-6-12(7-9-16)19(3)15(20)11-4-5-13(17)14(18)10-11/h4-5,10,12H,6-9,18H2,1-3H3. The normalized spacial score (nSPS) is 18.8. The Morgan fingerprint density at radius 3 is 2.50 bits per heavy atom. The summed E-state index contributed by atoms with van der Waals surface area (Å²) in [6.45, 7) is 4.59. The summed E-state index contributed by atoms with van der Waals surface area (Å²) in [5.41, 5.74) is 7.24. The molecular formula is C16H23ClN2O. The number of hydrogen-bond acceptors (Lipinski definition) is 2. The highest BCUT2D eigenvalue weighted by Crippen LogP contribution is 2.37. The topological polar surface area (TPSA) is 46.3 Å². The fourth-order valence-corrected chi connectivity index (χ4v) is 2.94. The Balaban J connectivity index is 2.07. The smallest absolute Gasteiger partial charge is 0.253 e. The number of hydrogen-bond donors (Lipinski definition) is 1. The highest BCUT2D eigenvalue weighted by molar-refractivity contribution is 6.33. The van der Waals surface area contributed by atoms with Gasteiger partial charge in [0.1, 0.15) is 0 Å². The molecule has 1 fully saturated rings. The molecule has 1 amide bonds. The van der Waals surface area contributed by atoms with E-state index in [0.29, 0.717) is 27.7 Å². The van der Waals surface area contributed by atoms with E-state index in [4.69, 9.17) is 17.3 Å². The van der Waals surface area contributed by atoms with E-state index in [-0.39, 0.29) is 5.91 Å². The number of carbonyl (C=O) groups is 1. The number of anilines is 1. The molecule has 0 bridgehead atoms. The lowest BCUT2D eigenvalue weighted by molar-refractivity contribution is 0.0635. The van der Waals surface area contributed by atoms with E-state index >= 15 is 0 Å². The fraction of sp³-hybridized carbons (Fsp3) is 0.562. The highest BCUT2D eigenvalue weighted by atomic mass is 35.5. The molecule has 0 aromatic heterocycles. The molecule has 2 rings (SSSR count). The summed E-state index contributed by atoms with van der Waals surface area (Å²) in [6.07, 6.45) is 4.46. The van der Waals surface area contributed by atoms with Crippen molar-refractivity contribution in [2.45, 2.75) is 45.6 Å². The van der Waals surface area contributed by atoms with E-state index in [9.17, 15) is 4.79 Å². The maximum atomic E-state index is 12.5. The third kappa shape index (κ3) is 3.26. The Labute approximate surface area is 126 Å². The van der Waals surface area contributed by atoms with Gasteiger partial charge in [0.2, 0.25) is 0 Å². The van der Waals surface area contributed by atoms with Crippen molar-refractivity contribution in [2.75, 3.05) is 12.8 Å². The predicted molar refractivity (Wildman–Crippen MR) is 84.0 cm³/mol. The van der Waals surface area contributed by atoms with E-state index in [1.165, 1.54) is 0 Å². The molecule has 3 nitrogen and oxygen atoms in total. The van der Waals surface area contributed by atoms with Gasteiger partial charge in [-0.15, -0.1) is 0 Å². The first kappa shape index (κ1) is 15.2. The van der Waals surface area contributed by atoms with Crippen molar-refractivity contribution >= 4 is 23.2 Å². The monoisotopic (exact) mass is 294 g/mol. The van der Waals surface area contributed by atoms with Crippen LogP contribution < -0.4 is 5.73 Å². The Kier molecular flexibility index (Phi) is 4.28. The van der Waals surface area contributed by atoms with Crippen LogP contribution in [0.3, 0.4) is 0 Å². The molecule has 1 aliphatic rings. The minimum Gasteiger partial charge on any atom is -0.398 e. The van der Waals surface area contributed by atoms with Crippen molar-refractivity contribution in [3.8, 4) is 0 Å². The minimum atomic E-state index is 0.0260. The molecule has 0 spiro atoms. The SMILES string of the molecule is CN(C(=O)c1ccc(Cl)c(N)c1)C1CCC(C)(C)CC1. The van der Waals surface area contributed by atoms with Gasteiger partial charge in [-0.05, 0) is 49.3 Å². The maximum absolute atomic E-state index is 12.5. The maximum Gasteiger partial charge on any atom is 0.253 e. The molecule has 20 heavy (non-hydrogen) atoms. The summed E-state index contributed by atoms with van der Waals surface area (Å²) in [5, 5.41) is 0.489. The molecule has 110 valence electrons. The van der Waals surface area contributed by atoms with Crippen LogP contribution in [0.5, 0.6) is 0 Å². The quantitative estimate of drug-likeness (QED) is 0.839. The molecule has 1 aromatic carbocycles. The van der Waals surface area contributed by atoms with Gasteiger partial charge in [-0.2, -0.15) is 0 Å². The Morgan fingerprint density at radius 2 is 1.95 bits per heavy atom. The first-order valence-electron chi connectivity index (χ1n) is 7.12. The van der Waals surface area contributed by atoms with Crippen molar-refractivity contribution in [1.29, 1.82) is 0 Å². The minimum absolute atomic E-state index is 0.0260. The molecule has 0 aliphatic heterocycles. The van der Waals surface area contributed by atoms with Crippen LogP contribution in [0, 0.1) is 5.41 Å². The molecule has 1 aliphatic carbocycles. The average Bonchev–Trinajstić information content (AvgIpc) is 2.40. The van der Waals surface area contributed by atoms with Crippen LogP contribution in [-0.2, 0) is 0 Å². The zero-order valence-electron chi connectivity index (χ0n) is 12.4. The summed E-state index contributed by atoms with van der Waals surface area (Å²) in [6, 6.07) is 5.41.